The third-order valence-corrected chi connectivity index (χ3v) is 5.24. The van der Waals surface area contributed by atoms with E-state index >= 15 is 0 Å². The number of halogens is 3. The van der Waals surface area contributed by atoms with Crippen LogP contribution in [0.3, 0.4) is 0 Å². The summed E-state index contributed by atoms with van der Waals surface area (Å²) in [6, 6.07) is 9.71. The maximum absolute atomic E-state index is 12.2. The van der Waals surface area contributed by atoms with Gasteiger partial charge in [-0.25, -0.2) is 4.79 Å². The molecule has 30 heavy (non-hydrogen) atoms. The molecule has 3 rings (SSSR count). The number of hydrogen-bond donors (Lipinski definition) is 1. The maximum Gasteiger partial charge on any atom is 0.344 e. The van der Waals surface area contributed by atoms with Gasteiger partial charge in [-0.2, -0.15) is 0 Å². The summed E-state index contributed by atoms with van der Waals surface area (Å²) in [6.07, 6.45) is 1.24. The van der Waals surface area contributed by atoms with Crippen molar-refractivity contribution in [2.75, 3.05) is 30.0 Å². The summed E-state index contributed by atoms with van der Waals surface area (Å²) in [5, 5.41) is 3.31. The van der Waals surface area contributed by atoms with Crippen molar-refractivity contribution in [3.63, 3.8) is 0 Å². The average molecular weight is 472 g/mol. The van der Waals surface area contributed by atoms with Gasteiger partial charge in [0.15, 0.2) is 13.2 Å². The molecule has 0 aliphatic carbocycles. The molecule has 0 bridgehead atoms. The minimum atomic E-state index is -0.768. The summed E-state index contributed by atoms with van der Waals surface area (Å²) in [4.78, 5) is 37.7. The van der Waals surface area contributed by atoms with Crippen LogP contribution >= 0.6 is 34.8 Å². The monoisotopic (exact) mass is 470 g/mol. The van der Waals surface area contributed by atoms with Gasteiger partial charge in [-0.1, -0.05) is 46.9 Å². The van der Waals surface area contributed by atoms with Crippen LogP contribution in [0.15, 0.2) is 36.4 Å². The van der Waals surface area contributed by atoms with Gasteiger partial charge < -0.3 is 19.7 Å². The third-order valence-electron chi connectivity index (χ3n) is 4.23. The van der Waals surface area contributed by atoms with Crippen LogP contribution in [0, 0.1) is 0 Å². The van der Waals surface area contributed by atoms with Gasteiger partial charge >= 0.3 is 5.97 Å². The van der Waals surface area contributed by atoms with Crippen molar-refractivity contribution in [1.29, 1.82) is 0 Å². The molecule has 0 unspecified atom stereocenters. The van der Waals surface area contributed by atoms with Gasteiger partial charge in [0, 0.05) is 19.0 Å². The Balaban J connectivity index is 1.51. The second-order valence-electron chi connectivity index (χ2n) is 6.36. The number of benzene rings is 2. The maximum atomic E-state index is 12.2. The smallest absolute Gasteiger partial charge is 0.344 e. The van der Waals surface area contributed by atoms with Crippen LogP contribution in [-0.2, 0) is 19.1 Å². The fraction of sp³-hybridized carbons (Fsp3) is 0.250. The van der Waals surface area contributed by atoms with Crippen LogP contribution in [0.4, 0.5) is 11.4 Å². The molecule has 0 saturated carbocycles. The molecule has 10 heteroatoms. The van der Waals surface area contributed by atoms with Crippen LogP contribution in [-0.4, -0.2) is 37.5 Å². The molecule has 0 atom stereocenters. The highest BCUT2D eigenvalue weighted by Gasteiger charge is 2.24. The first kappa shape index (κ1) is 22.2. The van der Waals surface area contributed by atoms with Gasteiger partial charge in [-0.15, -0.1) is 0 Å². The Kier molecular flexibility index (Phi) is 7.42. The van der Waals surface area contributed by atoms with E-state index in [0.717, 1.165) is 6.42 Å². The van der Waals surface area contributed by atoms with Gasteiger partial charge in [0.05, 0.1) is 26.4 Å². The van der Waals surface area contributed by atoms with E-state index in [-0.39, 0.29) is 26.7 Å². The van der Waals surface area contributed by atoms with Crippen LogP contribution in [0.1, 0.15) is 12.8 Å². The van der Waals surface area contributed by atoms with Gasteiger partial charge in [-0.3, -0.25) is 9.59 Å². The fourth-order valence-corrected chi connectivity index (χ4v) is 3.43. The molecule has 2 aromatic carbocycles. The number of ether oxygens (including phenoxy) is 2. The molecule has 1 saturated heterocycles. The Morgan fingerprint density at radius 3 is 2.50 bits per heavy atom. The number of para-hydroxylation sites is 2. The standard InChI is InChI=1S/C20H17Cl3N2O5/c21-12-8-14(23)17(9-13(12)22)29-11-20(28)30-10-18(26)24-15-4-1-2-5-16(15)25-7-3-6-19(25)27/h1-2,4-5,8-9H,3,6-7,10-11H2,(H,24,26). The van der Waals surface area contributed by atoms with Gasteiger partial charge in [0.2, 0.25) is 5.91 Å². The van der Waals surface area contributed by atoms with E-state index in [1.807, 2.05) is 0 Å². The van der Waals surface area contributed by atoms with E-state index in [1.165, 1.54) is 12.1 Å². The Hall–Kier alpha value is -2.48. The van der Waals surface area contributed by atoms with E-state index in [2.05, 4.69) is 5.32 Å². The number of anilines is 2. The highest BCUT2D eigenvalue weighted by molar-refractivity contribution is 6.43. The number of esters is 1. The average Bonchev–Trinajstić information content (AvgIpc) is 3.14. The molecular weight excluding hydrogens is 455 g/mol. The summed E-state index contributed by atoms with van der Waals surface area (Å²) in [6.45, 7) is -0.390. The normalized spacial score (nSPS) is 13.3. The number of nitrogens with one attached hydrogen (secondary N) is 1. The lowest BCUT2D eigenvalue weighted by Crippen LogP contribution is -2.27. The highest BCUT2D eigenvalue weighted by atomic mass is 35.5. The van der Waals surface area contributed by atoms with Gasteiger partial charge in [0.1, 0.15) is 5.75 Å². The molecule has 7 nitrogen and oxygen atoms in total. The topological polar surface area (TPSA) is 84.9 Å². The van der Waals surface area contributed by atoms with Crippen molar-refractivity contribution in [2.24, 2.45) is 0 Å². The van der Waals surface area contributed by atoms with Crippen molar-refractivity contribution in [3.8, 4) is 5.75 Å². The molecule has 1 aliphatic heterocycles. The largest absolute Gasteiger partial charge is 0.480 e. The van der Waals surface area contributed by atoms with Gasteiger partial charge in [0.25, 0.3) is 5.91 Å². The number of carbonyl (C=O) groups excluding carboxylic acids is 3. The minimum absolute atomic E-state index is 0.00115. The van der Waals surface area contributed by atoms with Crippen molar-refractivity contribution in [3.05, 3.63) is 51.5 Å². The third kappa shape index (κ3) is 5.56. The molecule has 158 valence electrons. The second-order valence-corrected chi connectivity index (χ2v) is 7.58. The number of nitrogens with zero attached hydrogens (tertiary/aromatic N) is 1. The molecule has 1 fully saturated rings. The van der Waals surface area contributed by atoms with E-state index < -0.39 is 25.1 Å². The van der Waals surface area contributed by atoms with E-state index in [9.17, 15) is 14.4 Å². The predicted octanol–water partition coefficient (Wildman–Crippen LogP) is 4.33. The SMILES string of the molecule is O=C(COC(=O)COc1cc(Cl)c(Cl)cc1Cl)Nc1ccccc1N1CCCC1=O. The number of amides is 2. The quantitative estimate of drug-likeness (QED) is 0.480. The Morgan fingerprint density at radius 2 is 1.77 bits per heavy atom. The zero-order chi connectivity index (χ0) is 21.7. The van der Waals surface area contributed by atoms with Crippen molar-refractivity contribution in [2.45, 2.75) is 12.8 Å². The lowest BCUT2D eigenvalue weighted by molar-refractivity contribution is -0.149. The summed E-state index contributed by atoms with van der Waals surface area (Å²) >= 11 is 17.7. The molecule has 0 aromatic heterocycles. The Bertz CT molecular complexity index is 983. The lowest BCUT2D eigenvalue weighted by Gasteiger charge is -2.19. The molecule has 0 spiro atoms. The number of rotatable bonds is 7. The lowest BCUT2D eigenvalue weighted by atomic mass is 10.2. The predicted molar refractivity (Wildman–Crippen MR) is 115 cm³/mol. The molecule has 1 heterocycles. The number of carbonyl (C=O) groups is 3. The van der Waals surface area contributed by atoms with Crippen molar-refractivity contribution < 1.29 is 23.9 Å². The van der Waals surface area contributed by atoms with Crippen LogP contribution in [0.5, 0.6) is 5.75 Å². The Morgan fingerprint density at radius 1 is 1.03 bits per heavy atom. The van der Waals surface area contributed by atoms with Crippen molar-refractivity contribution in [1.82, 2.24) is 0 Å². The van der Waals surface area contributed by atoms with Crippen LogP contribution in [0.25, 0.3) is 0 Å². The van der Waals surface area contributed by atoms with E-state index in [4.69, 9.17) is 44.3 Å². The molecule has 1 aliphatic rings. The fourth-order valence-electron chi connectivity index (χ4n) is 2.84. The van der Waals surface area contributed by atoms with Crippen molar-refractivity contribution >= 4 is 64.0 Å². The van der Waals surface area contributed by atoms with Gasteiger partial charge in [-0.05, 0) is 24.6 Å². The van der Waals surface area contributed by atoms with E-state index in [1.54, 1.807) is 29.2 Å². The summed E-state index contributed by atoms with van der Waals surface area (Å²) in [7, 11) is 0. The van der Waals surface area contributed by atoms with Crippen LogP contribution in [0.2, 0.25) is 15.1 Å². The van der Waals surface area contributed by atoms with E-state index in [0.29, 0.717) is 24.3 Å². The second kappa shape index (κ2) is 10.0. The first-order chi connectivity index (χ1) is 14.3. The first-order valence-corrected chi connectivity index (χ1v) is 10.1. The van der Waals surface area contributed by atoms with Crippen LogP contribution < -0.4 is 15.0 Å². The summed E-state index contributed by atoms with van der Waals surface area (Å²) < 4.78 is 10.2. The first-order valence-electron chi connectivity index (χ1n) is 8.97. The summed E-state index contributed by atoms with van der Waals surface area (Å²) in [5.41, 5.74) is 1.07. The molecule has 1 N–H and O–H groups in total. The summed E-state index contributed by atoms with van der Waals surface area (Å²) in [5.74, 6) is -1.15. The zero-order valence-corrected chi connectivity index (χ0v) is 17.9. The zero-order valence-electron chi connectivity index (χ0n) is 15.6. The molecular formula is C20H17Cl3N2O5. The number of hydrogen-bond acceptors (Lipinski definition) is 5. The molecule has 2 amide bonds. The molecule has 0 radical (unpaired) electrons. The minimum Gasteiger partial charge on any atom is -0.480 e. The molecule has 2 aromatic rings. The highest BCUT2D eigenvalue weighted by Crippen LogP contribution is 2.34. The Labute approximate surface area is 187 Å².